The summed E-state index contributed by atoms with van der Waals surface area (Å²) in [5, 5.41) is 1.40. The number of fused-ring (bicyclic) bond motifs is 1. The number of carbonyl (C=O) groups excluding carboxylic acids is 1. The third kappa shape index (κ3) is 4.86. The van der Waals surface area contributed by atoms with Crippen LogP contribution < -0.4 is 0 Å². The van der Waals surface area contributed by atoms with Crippen LogP contribution in [-0.2, 0) is 6.54 Å². The van der Waals surface area contributed by atoms with Crippen LogP contribution in [0.25, 0.3) is 17.2 Å². The lowest BCUT2D eigenvalue weighted by Crippen LogP contribution is -2.48. The number of hydrogen-bond acceptors (Lipinski definition) is 4. The van der Waals surface area contributed by atoms with Gasteiger partial charge < -0.3 is 4.90 Å². The Balaban J connectivity index is 0.00000259. The van der Waals surface area contributed by atoms with E-state index in [-0.39, 0.29) is 18.3 Å². The molecular formula is C26H27ClN2O3S. The summed E-state index contributed by atoms with van der Waals surface area (Å²) in [6.07, 6.45) is 1.66. The predicted molar refractivity (Wildman–Crippen MR) is 137 cm³/mol. The Kier molecular flexibility index (Phi) is 6.93. The highest BCUT2D eigenvalue weighted by atomic mass is 35.5. The summed E-state index contributed by atoms with van der Waals surface area (Å²) >= 11 is 0. The van der Waals surface area contributed by atoms with Gasteiger partial charge in [0.2, 0.25) is 0 Å². The highest BCUT2D eigenvalue weighted by Gasteiger charge is 2.29. The van der Waals surface area contributed by atoms with E-state index in [9.17, 15) is 13.9 Å². The van der Waals surface area contributed by atoms with E-state index in [0.717, 1.165) is 19.6 Å². The van der Waals surface area contributed by atoms with Crippen LogP contribution in [0.15, 0.2) is 83.1 Å². The molecule has 3 aromatic rings. The van der Waals surface area contributed by atoms with Crippen LogP contribution in [0.4, 0.5) is 0 Å². The van der Waals surface area contributed by atoms with E-state index in [4.69, 9.17) is 0 Å². The van der Waals surface area contributed by atoms with E-state index in [2.05, 4.69) is 53.4 Å². The van der Waals surface area contributed by atoms with Gasteiger partial charge in [-0.15, -0.1) is 23.0 Å². The molecule has 0 unspecified atom stereocenters. The molecule has 3 aromatic carbocycles. The lowest BCUT2D eigenvalue weighted by Gasteiger charge is -2.35. The number of rotatable bonds is 4. The zero-order chi connectivity index (χ0) is 22.1. The van der Waals surface area contributed by atoms with Gasteiger partial charge in [0.05, 0.1) is 4.90 Å². The van der Waals surface area contributed by atoms with Gasteiger partial charge in [-0.1, -0.05) is 60.7 Å². The van der Waals surface area contributed by atoms with E-state index in [1.54, 1.807) is 24.3 Å². The smallest absolute Gasteiger partial charge is 0.254 e. The second kappa shape index (κ2) is 9.71. The Morgan fingerprint density at radius 2 is 1.48 bits per heavy atom. The van der Waals surface area contributed by atoms with Crippen LogP contribution in [0, 0.1) is 0 Å². The molecule has 172 valence electrons. The average molecular weight is 483 g/mol. The van der Waals surface area contributed by atoms with Crippen LogP contribution in [0.3, 0.4) is 0 Å². The van der Waals surface area contributed by atoms with E-state index in [0.29, 0.717) is 29.1 Å². The van der Waals surface area contributed by atoms with Crippen molar-refractivity contribution in [2.75, 3.05) is 26.2 Å². The number of amides is 1. The lowest BCUT2D eigenvalue weighted by molar-refractivity contribution is 0.0628. The van der Waals surface area contributed by atoms with Gasteiger partial charge in [0, 0.05) is 49.3 Å². The first-order valence-electron chi connectivity index (χ1n) is 10.8. The number of halogens is 1. The molecular weight excluding hydrogens is 456 g/mol. The molecule has 1 saturated heterocycles. The Bertz CT molecular complexity index is 1160. The first kappa shape index (κ1) is 23.5. The largest absolute Gasteiger partial charge is 0.336 e. The molecule has 0 saturated carbocycles. The van der Waals surface area contributed by atoms with Gasteiger partial charge in [0.1, 0.15) is 0 Å². The van der Waals surface area contributed by atoms with Gasteiger partial charge in [-0.25, -0.2) is 0 Å². The number of nitrogens with zero attached hydrogens (tertiary/aromatic N) is 2. The second-order valence-corrected chi connectivity index (χ2v) is 10.1. The molecule has 2 N–H and O–H groups in total. The fourth-order valence-corrected chi connectivity index (χ4v) is 5.62. The molecule has 7 heteroatoms. The van der Waals surface area contributed by atoms with Crippen molar-refractivity contribution in [2.45, 2.75) is 11.4 Å². The highest BCUT2D eigenvalue weighted by molar-refractivity contribution is 8.27. The monoisotopic (exact) mass is 482 g/mol. The maximum Gasteiger partial charge on any atom is 0.254 e. The van der Waals surface area contributed by atoms with Gasteiger partial charge in [-0.3, -0.25) is 18.8 Å². The van der Waals surface area contributed by atoms with Crippen molar-refractivity contribution >= 4 is 35.0 Å². The van der Waals surface area contributed by atoms with E-state index in [1.807, 2.05) is 11.0 Å². The molecule has 1 amide bonds. The Hall–Kier alpha value is -2.61. The van der Waals surface area contributed by atoms with E-state index >= 15 is 0 Å². The first-order chi connectivity index (χ1) is 15.5. The number of benzene rings is 3. The Morgan fingerprint density at radius 1 is 0.818 bits per heavy atom. The maximum atomic E-state index is 13.1. The molecule has 0 aliphatic carbocycles. The topological polar surface area (TPSA) is 64.0 Å². The molecule has 0 atom stereocenters. The summed E-state index contributed by atoms with van der Waals surface area (Å²) in [6, 6.07) is 24.2. The van der Waals surface area contributed by atoms with Gasteiger partial charge in [0.15, 0.2) is 0 Å². The summed E-state index contributed by atoms with van der Waals surface area (Å²) in [7, 11) is -2.92. The molecule has 0 spiro atoms. The van der Waals surface area contributed by atoms with Crippen molar-refractivity contribution in [3.05, 3.63) is 94.9 Å². The predicted octanol–water partition coefficient (Wildman–Crippen LogP) is 5.83. The molecule has 0 bridgehead atoms. The molecule has 5 nitrogen and oxygen atoms in total. The quantitative estimate of drug-likeness (QED) is 0.491. The molecule has 1 fully saturated rings. The Morgan fingerprint density at radius 3 is 2.18 bits per heavy atom. The van der Waals surface area contributed by atoms with Crippen LogP contribution in [0.2, 0.25) is 0 Å². The fourth-order valence-electron chi connectivity index (χ4n) is 4.37. The zero-order valence-corrected chi connectivity index (χ0v) is 19.8. The van der Waals surface area contributed by atoms with Crippen LogP contribution in [-0.4, -0.2) is 51.0 Å². The average Bonchev–Trinajstić information content (AvgIpc) is 3.15. The third-order valence-electron chi connectivity index (χ3n) is 6.17. The summed E-state index contributed by atoms with van der Waals surface area (Å²) in [5.74, 6) is -0.0459. The van der Waals surface area contributed by atoms with Gasteiger partial charge in [0.25, 0.3) is 5.91 Å². The minimum Gasteiger partial charge on any atom is -0.336 e. The number of carbonyl (C=O) groups is 1. The van der Waals surface area contributed by atoms with Gasteiger partial charge >= 0.3 is 0 Å². The van der Waals surface area contributed by atoms with Crippen molar-refractivity contribution in [1.82, 2.24) is 9.80 Å². The normalized spacial score (nSPS) is 17.8. The molecule has 2 heterocycles. The Labute approximate surface area is 202 Å². The van der Waals surface area contributed by atoms with E-state index in [1.165, 1.54) is 22.1 Å². The summed E-state index contributed by atoms with van der Waals surface area (Å²) < 4.78 is 20.3. The summed E-state index contributed by atoms with van der Waals surface area (Å²) in [4.78, 5) is 17.8. The minimum absolute atomic E-state index is 0. The van der Waals surface area contributed by atoms with E-state index < -0.39 is 10.6 Å². The van der Waals surface area contributed by atoms with Crippen LogP contribution in [0.1, 0.15) is 21.5 Å². The molecule has 5 rings (SSSR count). The molecule has 2 aliphatic rings. The second-order valence-electron chi connectivity index (χ2n) is 8.24. The maximum absolute atomic E-state index is 13.1. The molecule has 33 heavy (non-hydrogen) atoms. The van der Waals surface area contributed by atoms with Crippen molar-refractivity contribution in [2.24, 2.45) is 0 Å². The van der Waals surface area contributed by atoms with Crippen molar-refractivity contribution in [3.8, 4) is 11.1 Å². The van der Waals surface area contributed by atoms with Crippen LogP contribution in [0.5, 0.6) is 0 Å². The molecule has 2 aliphatic heterocycles. The number of piperazine rings is 1. The molecule has 0 aromatic heterocycles. The fraction of sp³-hybridized carbons (Fsp3) is 0.192. The van der Waals surface area contributed by atoms with Crippen molar-refractivity contribution < 1.29 is 13.9 Å². The minimum atomic E-state index is -2.92. The van der Waals surface area contributed by atoms with Crippen LogP contribution >= 0.6 is 23.0 Å². The first-order valence-corrected chi connectivity index (χ1v) is 12.4. The summed E-state index contributed by atoms with van der Waals surface area (Å²) in [6.45, 7) is 3.80. The molecule has 0 radical (unpaired) electrons. The van der Waals surface area contributed by atoms with Crippen molar-refractivity contribution in [3.63, 3.8) is 0 Å². The summed E-state index contributed by atoms with van der Waals surface area (Å²) in [5.41, 5.74) is 4.88. The SMILES string of the molecule is Cl.O=C(c1cccc2c1C=CS2(O)O)N1CCN(Cc2ccc(-c3ccccc3)cc2)CC1. The van der Waals surface area contributed by atoms with Gasteiger partial charge in [-0.2, -0.15) is 0 Å². The lowest BCUT2D eigenvalue weighted by atomic mass is 10.0. The zero-order valence-electron chi connectivity index (χ0n) is 18.1. The number of hydrogen-bond donors (Lipinski definition) is 2. The highest BCUT2D eigenvalue weighted by Crippen LogP contribution is 2.56. The third-order valence-corrected chi connectivity index (χ3v) is 7.69. The van der Waals surface area contributed by atoms with Crippen molar-refractivity contribution in [1.29, 1.82) is 0 Å². The van der Waals surface area contributed by atoms with Gasteiger partial charge in [-0.05, 0) is 34.9 Å². The standard InChI is InChI=1S/C26H26N2O3S.ClH/c29-26(24-7-4-8-25-23(24)13-18-32(25,30)31)28-16-14-27(15-17-28)19-20-9-11-22(12-10-20)21-5-2-1-3-6-21;/h1-13,18,30-31H,14-17,19H2;1H.